The zero-order chi connectivity index (χ0) is 13.8. The van der Waals surface area contributed by atoms with Crippen LogP contribution >= 0.6 is 0 Å². The summed E-state index contributed by atoms with van der Waals surface area (Å²) < 4.78 is 0. The summed E-state index contributed by atoms with van der Waals surface area (Å²) in [6.07, 6.45) is 2.65. The molecule has 0 saturated carbocycles. The standard InChI is InChI=1S/C14H17N3O2/c1-3-9-4-6-10(7-5-9)11-8-16-13(17-11)12(15-2)14(18)19/h4-8,12,15H,3H2,1-2H3,(H,16,17)(H,18,19). The van der Waals surface area contributed by atoms with Crippen LogP contribution in [0.15, 0.2) is 30.5 Å². The van der Waals surface area contributed by atoms with Gasteiger partial charge in [-0.15, -0.1) is 0 Å². The Hall–Kier alpha value is -2.14. The second-order valence-electron chi connectivity index (χ2n) is 4.29. The minimum Gasteiger partial charge on any atom is -0.480 e. The lowest BCUT2D eigenvalue weighted by molar-refractivity contribution is -0.139. The Morgan fingerprint density at radius 3 is 2.63 bits per heavy atom. The number of hydrogen-bond acceptors (Lipinski definition) is 3. The van der Waals surface area contributed by atoms with E-state index in [4.69, 9.17) is 5.11 Å². The third-order valence-corrected chi connectivity index (χ3v) is 3.08. The minimum atomic E-state index is -0.954. The number of aromatic amines is 1. The van der Waals surface area contributed by atoms with Crippen molar-refractivity contribution in [3.63, 3.8) is 0 Å². The predicted octanol–water partition coefficient (Wildman–Crippen LogP) is 1.98. The van der Waals surface area contributed by atoms with Crippen molar-refractivity contribution in [2.45, 2.75) is 19.4 Å². The maximum absolute atomic E-state index is 11.0. The summed E-state index contributed by atoms with van der Waals surface area (Å²) >= 11 is 0. The predicted molar refractivity (Wildman–Crippen MR) is 72.8 cm³/mol. The lowest BCUT2D eigenvalue weighted by Gasteiger charge is -2.07. The maximum Gasteiger partial charge on any atom is 0.328 e. The smallest absolute Gasteiger partial charge is 0.328 e. The van der Waals surface area contributed by atoms with Crippen LogP contribution in [-0.4, -0.2) is 28.1 Å². The van der Waals surface area contributed by atoms with Gasteiger partial charge in [-0.1, -0.05) is 31.2 Å². The van der Waals surface area contributed by atoms with Gasteiger partial charge in [0.25, 0.3) is 0 Å². The number of benzene rings is 1. The first kappa shape index (κ1) is 13.3. The molecule has 0 amide bonds. The first-order chi connectivity index (χ1) is 9.15. The number of nitrogens with one attached hydrogen (secondary N) is 2. The Kier molecular flexibility index (Phi) is 3.97. The second-order valence-corrected chi connectivity index (χ2v) is 4.29. The second kappa shape index (κ2) is 5.67. The highest BCUT2D eigenvalue weighted by molar-refractivity contribution is 5.74. The first-order valence-corrected chi connectivity index (χ1v) is 6.20. The summed E-state index contributed by atoms with van der Waals surface area (Å²) in [7, 11) is 1.59. The van der Waals surface area contributed by atoms with Crippen molar-refractivity contribution >= 4 is 5.97 Å². The first-order valence-electron chi connectivity index (χ1n) is 6.20. The van der Waals surface area contributed by atoms with E-state index < -0.39 is 12.0 Å². The summed E-state index contributed by atoms with van der Waals surface area (Å²) in [6, 6.07) is 7.31. The average Bonchev–Trinajstić information content (AvgIpc) is 2.89. The number of imidazole rings is 1. The Labute approximate surface area is 111 Å². The highest BCUT2D eigenvalue weighted by Gasteiger charge is 2.20. The van der Waals surface area contributed by atoms with E-state index in [2.05, 4.69) is 34.3 Å². The molecule has 1 heterocycles. The molecule has 0 aliphatic carbocycles. The summed E-state index contributed by atoms with van der Waals surface area (Å²) in [5.74, 6) is -0.547. The normalized spacial score (nSPS) is 12.3. The van der Waals surface area contributed by atoms with Gasteiger partial charge in [0.05, 0.1) is 11.9 Å². The highest BCUT2D eigenvalue weighted by atomic mass is 16.4. The van der Waals surface area contributed by atoms with Crippen molar-refractivity contribution in [2.24, 2.45) is 0 Å². The molecule has 19 heavy (non-hydrogen) atoms. The number of carboxylic acid groups (broad SMARTS) is 1. The molecule has 0 aliphatic heterocycles. The van der Waals surface area contributed by atoms with E-state index in [0.29, 0.717) is 5.82 Å². The fraction of sp³-hybridized carbons (Fsp3) is 0.286. The Bertz CT molecular complexity index is 560. The molecule has 3 N–H and O–H groups in total. The number of aromatic nitrogens is 2. The lowest BCUT2D eigenvalue weighted by atomic mass is 10.1. The number of hydrogen-bond donors (Lipinski definition) is 3. The summed E-state index contributed by atoms with van der Waals surface area (Å²) in [6.45, 7) is 2.10. The summed E-state index contributed by atoms with van der Waals surface area (Å²) in [5.41, 5.74) is 3.08. The fourth-order valence-corrected chi connectivity index (χ4v) is 1.93. The molecule has 1 aromatic heterocycles. The van der Waals surface area contributed by atoms with Crippen LogP contribution in [0.3, 0.4) is 0 Å². The Balaban J connectivity index is 2.26. The molecule has 2 aromatic rings. The van der Waals surface area contributed by atoms with Crippen molar-refractivity contribution in [2.75, 3.05) is 7.05 Å². The van der Waals surface area contributed by atoms with Gasteiger partial charge in [0.1, 0.15) is 5.82 Å². The van der Waals surface area contributed by atoms with Gasteiger partial charge in [-0.25, -0.2) is 4.98 Å². The molecule has 2 rings (SSSR count). The van der Waals surface area contributed by atoms with Crippen molar-refractivity contribution in [3.8, 4) is 11.3 Å². The monoisotopic (exact) mass is 259 g/mol. The molecule has 100 valence electrons. The molecular weight excluding hydrogens is 242 g/mol. The molecule has 0 fully saturated rings. The van der Waals surface area contributed by atoms with Gasteiger partial charge in [0.15, 0.2) is 6.04 Å². The summed E-state index contributed by atoms with van der Waals surface area (Å²) in [4.78, 5) is 18.2. The number of likely N-dealkylation sites (N-methyl/N-ethyl adjacent to an activating group) is 1. The molecule has 1 atom stereocenters. The van der Waals surface area contributed by atoms with E-state index in [1.54, 1.807) is 13.2 Å². The van der Waals surface area contributed by atoms with Gasteiger partial charge in [-0.05, 0) is 24.6 Å². The third-order valence-electron chi connectivity index (χ3n) is 3.08. The van der Waals surface area contributed by atoms with Crippen molar-refractivity contribution in [1.82, 2.24) is 15.3 Å². The van der Waals surface area contributed by atoms with Gasteiger partial charge in [0.2, 0.25) is 0 Å². The van der Waals surface area contributed by atoms with Crippen molar-refractivity contribution < 1.29 is 9.90 Å². The number of aryl methyl sites for hydroxylation is 1. The Morgan fingerprint density at radius 2 is 2.11 bits per heavy atom. The van der Waals surface area contributed by atoms with E-state index in [0.717, 1.165) is 17.7 Å². The van der Waals surface area contributed by atoms with Gasteiger partial charge in [0, 0.05) is 0 Å². The van der Waals surface area contributed by atoms with Crippen molar-refractivity contribution in [1.29, 1.82) is 0 Å². The number of rotatable bonds is 5. The zero-order valence-corrected chi connectivity index (χ0v) is 11.0. The van der Waals surface area contributed by atoms with Crippen LogP contribution in [0, 0.1) is 0 Å². The van der Waals surface area contributed by atoms with Crippen LogP contribution in [0.5, 0.6) is 0 Å². The topological polar surface area (TPSA) is 78.0 Å². The van der Waals surface area contributed by atoms with Crippen LogP contribution < -0.4 is 5.32 Å². The molecule has 1 aromatic carbocycles. The third kappa shape index (κ3) is 2.82. The largest absolute Gasteiger partial charge is 0.480 e. The lowest BCUT2D eigenvalue weighted by Crippen LogP contribution is -2.26. The summed E-state index contributed by atoms with van der Waals surface area (Å²) in [5, 5.41) is 11.8. The number of carbonyl (C=O) groups is 1. The molecule has 0 radical (unpaired) electrons. The van der Waals surface area contributed by atoms with Gasteiger partial charge in [-0.2, -0.15) is 0 Å². The number of H-pyrrole nitrogens is 1. The molecular formula is C14H17N3O2. The highest BCUT2D eigenvalue weighted by Crippen LogP contribution is 2.20. The van der Waals surface area contributed by atoms with Gasteiger partial charge < -0.3 is 15.4 Å². The quantitative estimate of drug-likeness (QED) is 0.767. The number of nitrogens with zero attached hydrogens (tertiary/aromatic N) is 1. The van der Waals surface area contributed by atoms with Crippen LogP contribution in [0.2, 0.25) is 0 Å². The van der Waals surface area contributed by atoms with E-state index in [1.807, 2.05) is 12.1 Å². The molecule has 5 heteroatoms. The molecule has 0 saturated heterocycles. The van der Waals surface area contributed by atoms with Crippen LogP contribution in [0.4, 0.5) is 0 Å². The molecule has 5 nitrogen and oxygen atoms in total. The number of carboxylic acids is 1. The van der Waals surface area contributed by atoms with Gasteiger partial charge in [-0.3, -0.25) is 4.79 Å². The maximum atomic E-state index is 11.0. The molecule has 0 bridgehead atoms. The van der Waals surface area contributed by atoms with E-state index >= 15 is 0 Å². The van der Waals surface area contributed by atoms with Gasteiger partial charge >= 0.3 is 5.97 Å². The van der Waals surface area contributed by atoms with Crippen LogP contribution in [-0.2, 0) is 11.2 Å². The SMILES string of the molecule is CCc1ccc(-c2cnc(C(NC)C(=O)O)[nH]2)cc1. The Morgan fingerprint density at radius 1 is 1.42 bits per heavy atom. The minimum absolute atomic E-state index is 0.407. The van der Waals surface area contributed by atoms with Crippen molar-refractivity contribution in [3.05, 3.63) is 41.9 Å². The molecule has 1 unspecified atom stereocenters. The van der Waals surface area contributed by atoms with E-state index in [9.17, 15) is 4.79 Å². The van der Waals surface area contributed by atoms with E-state index in [1.165, 1.54) is 5.56 Å². The fourth-order valence-electron chi connectivity index (χ4n) is 1.93. The zero-order valence-electron chi connectivity index (χ0n) is 11.0. The van der Waals surface area contributed by atoms with Crippen LogP contribution in [0.1, 0.15) is 24.4 Å². The van der Waals surface area contributed by atoms with Crippen LogP contribution in [0.25, 0.3) is 11.3 Å². The molecule has 0 spiro atoms. The number of aliphatic carboxylic acids is 1. The average molecular weight is 259 g/mol. The molecule has 0 aliphatic rings. The van der Waals surface area contributed by atoms with E-state index in [-0.39, 0.29) is 0 Å².